The first kappa shape index (κ1) is 22.9. The van der Waals surface area contributed by atoms with Crippen LogP contribution in [0.25, 0.3) is 11.1 Å². The Morgan fingerprint density at radius 3 is 2.58 bits per heavy atom. The Balaban J connectivity index is 1.20. The zero-order chi connectivity index (χ0) is 22.5. The zero-order valence-electron chi connectivity index (χ0n) is 19.6. The highest BCUT2D eigenvalue weighted by Gasteiger charge is 2.27. The summed E-state index contributed by atoms with van der Waals surface area (Å²) in [6, 6.07) is 12.0. The number of hydrogen-bond acceptors (Lipinski definition) is 5. The smallest absolute Gasteiger partial charge is 0.126 e. The van der Waals surface area contributed by atoms with Crippen LogP contribution in [0.4, 0.5) is 11.5 Å². The number of halogens is 1. The minimum Gasteiger partial charge on any atom is -0.385 e. The van der Waals surface area contributed by atoms with E-state index >= 15 is 0 Å². The molecule has 5 rings (SSSR count). The second-order valence-electron chi connectivity index (χ2n) is 9.96. The van der Waals surface area contributed by atoms with Crippen molar-refractivity contribution in [2.45, 2.75) is 63.5 Å². The highest BCUT2D eigenvalue weighted by Crippen LogP contribution is 2.33. The summed E-state index contributed by atoms with van der Waals surface area (Å²) in [6.45, 7) is 5.36. The second kappa shape index (κ2) is 11.1. The molecule has 2 saturated heterocycles. The van der Waals surface area contributed by atoms with Gasteiger partial charge in [0, 0.05) is 49.3 Å². The van der Waals surface area contributed by atoms with E-state index in [2.05, 4.69) is 50.8 Å². The molecule has 0 radical (unpaired) electrons. The lowest BCUT2D eigenvalue weighted by molar-refractivity contribution is 0.0699. The average molecular weight is 469 g/mol. The van der Waals surface area contributed by atoms with Crippen molar-refractivity contribution in [1.29, 1.82) is 0 Å². The Bertz CT molecular complexity index is 903. The quantitative estimate of drug-likeness (QED) is 0.517. The molecule has 2 N–H and O–H groups in total. The van der Waals surface area contributed by atoms with Crippen molar-refractivity contribution in [1.82, 2.24) is 9.88 Å². The molecule has 0 spiro atoms. The molecule has 0 unspecified atom stereocenters. The van der Waals surface area contributed by atoms with Gasteiger partial charge in [-0.3, -0.25) is 0 Å². The van der Waals surface area contributed by atoms with Crippen molar-refractivity contribution in [3.05, 3.63) is 41.6 Å². The van der Waals surface area contributed by atoms with Crippen LogP contribution in [0, 0.1) is 5.92 Å². The Hall–Kier alpha value is -1.82. The summed E-state index contributed by atoms with van der Waals surface area (Å²) < 4.78 is 5.48. The largest absolute Gasteiger partial charge is 0.385 e. The molecule has 1 aliphatic carbocycles. The number of likely N-dealkylation sites (tertiary alicyclic amines) is 1. The van der Waals surface area contributed by atoms with Crippen LogP contribution in [0.15, 0.2) is 36.5 Å². The van der Waals surface area contributed by atoms with E-state index in [4.69, 9.17) is 16.3 Å². The minimum atomic E-state index is 0.498. The number of pyridine rings is 1. The molecule has 1 saturated carbocycles. The molecule has 3 heterocycles. The van der Waals surface area contributed by atoms with Crippen LogP contribution in [0.2, 0.25) is 5.02 Å². The van der Waals surface area contributed by atoms with Crippen LogP contribution < -0.4 is 10.6 Å². The lowest BCUT2D eigenvalue weighted by Crippen LogP contribution is -2.38. The summed E-state index contributed by atoms with van der Waals surface area (Å²) in [5.41, 5.74) is 3.30. The number of nitrogens with zero attached hydrogens (tertiary/aromatic N) is 2. The van der Waals surface area contributed by atoms with Crippen molar-refractivity contribution in [3.63, 3.8) is 0 Å². The van der Waals surface area contributed by atoms with E-state index in [1.807, 2.05) is 0 Å². The molecule has 0 atom stereocenters. The Morgan fingerprint density at radius 2 is 1.79 bits per heavy atom. The number of hydrogen-bond donors (Lipinski definition) is 2. The summed E-state index contributed by atoms with van der Waals surface area (Å²) in [5, 5.41) is 8.01. The van der Waals surface area contributed by atoms with Gasteiger partial charge in [-0.1, -0.05) is 23.7 Å². The van der Waals surface area contributed by atoms with Crippen molar-refractivity contribution in [3.8, 4) is 11.1 Å². The van der Waals surface area contributed by atoms with Crippen LogP contribution in [-0.4, -0.2) is 54.8 Å². The summed E-state index contributed by atoms with van der Waals surface area (Å²) in [7, 11) is 0. The molecule has 2 aromatic rings. The molecule has 6 heteroatoms. The second-order valence-corrected chi connectivity index (χ2v) is 10.4. The summed E-state index contributed by atoms with van der Waals surface area (Å²) in [5.74, 6) is 1.61. The number of ether oxygens (including phenoxy) is 1. The fraction of sp³-hybridized carbons (Fsp3) is 0.593. The number of aromatic nitrogens is 1. The van der Waals surface area contributed by atoms with Gasteiger partial charge in [0.15, 0.2) is 0 Å². The van der Waals surface area contributed by atoms with Gasteiger partial charge in [0.1, 0.15) is 5.82 Å². The third-order valence-electron chi connectivity index (χ3n) is 7.67. The van der Waals surface area contributed by atoms with Crippen LogP contribution in [-0.2, 0) is 4.74 Å². The van der Waals surface area contributed by atoms with Gasteiger partial charge in [-0.2, -0.15) is 0 Å². The molecule has 2 aliphatic heterocycles. The standard InChI is InChI=1S/C27H37ClN4O/c28-26-19-30-27(31-22-6-8-24(9-7-22)32-12-1-2-13-32)17-25(26)21-4-3-5-23(16-21)29-18-20-10-14-33-15-11-20/h3-5,16-17,19-20,22,24,29H,1-2,6-15,18H2,(H,30,31)/t22-,24-. The van der Waals surface area contributed by atoms with Crippen molar-refractivity contribution >= 4 is 23.1 Å². The molecule has 3 fully saturated rings. The van der Waals surface area contributed by atoms with Gasteiger partial charge in [0.25, 0.3) is 0 Å². The lowest BCUT2D eigenvalue weighted by atomic mass is 9.90. The Kier molecular flexibility index (Phi) is 7.70. The SMILES string of the molecule is Clc1cnc(N[C@H]2CC[C@H](N3CCCC3)CC2)cc1-c1cccc(NCC2CCOCC2)c1. The van der Waals surface area contributed by atoms with Gasteiger partial charge in [-0.25, -0.2) is 4.98 Å². The average Bonchev–Trinajstić information content (AvgIpc) is 3.40. The highest BCUT2D eigenvalue weighted by atomic mass is 35.5. The van der Waals surface area contributed by atoms with E-state index in [-0.39, 0.29) is 0 Å². The van der Waals surface area contributed by atoms with E-state index in [0.29, 0.717) is 17.0 Å². The van der Waals surface area contributed by atoms with Gasteiger partial charge in [0.2, 0.25) is 0 Å². The van der Waals surface area contributed by atoms with Crippen LogP contribution >= 0.6 is 11.6 Å². The number of rotatable bonds is 7. The zero-order valence-corrected chi connectivity index (χ0v) is 20.3. The van der Waals surface area contributed by atoms with E-state index in [1.54, 1.807) is 6.20 Å². The molecular formula is C27H37ClN4O. The predicted octanol–water partition coefficient (Wildman–Crippen LogP) is 6.06. The number of benzene rings is 1. The molecular weight excluding hydrogens is 432 g/mol. The van der Waals surface area contributed by atoms with Crippen LogP contribution in [0.5, 0.6) is 0 Å². The normalized spacial score (nSPS) is 24.6. The monoisotopic (exact) mass is 468 g/mol. The molecule has 1 aromatic heterocycles. The summed E-state index contributed by atoms with van der Waals surface area (Å²) in [6.07, 6.45) is 11.8. The fourth-order valence-electron chi connectivity index (χ4n) is 5.65. The van der Waals surface area contributed by atoms with E-state index < -0.39 is 0 Å². The molecule has 33 heavy (non-hydrogen) atoms. The third kappa shape index (κ3) is 6.00. The van der Waals surface area contributed by atoms with Gasteiger partial charge < -0.3 is 20.3 Å². The fourth-order valence-corrected chi connectivity index (χ4v) is 5.86. The first-order valence-electron chi connectivity index (χ1n) is 12.8. The van der Waals surface area contributed by atoms with Crippen molar-refractivity contribution in [2.24, 2.45) is 5.92 Å². The molecule has 178 valence electrons. The lowest BCUT2D eigenvalue weighted by Gasteiger charge is -2.35. The van der Waals surface area contributed by atoms with Crippen molar-refractivity contribution in [2.75, 3.05) is 43.5 Å². The van der Waals surface area contributed by atoms with Crippen LogP contribution in [0.3, 0.4) is 0 Å². The maximum absolute atomic E-state index is 6.59. The van der Waals surface area contributed by atoms with Gasteiger partial charge in [0.05, 0.1) is 5.02 Å². The highest BCUT2D eigenvalue weighted by molar-refractivity contribution is 6.33. The van der Waals surface area contributed by atoms with E-state index in [1.165, 1.54) is 51.6 Å². The summed E-state index contributed by atoms with van der Waals surface area (Å²) >= 11 is 6.59. The first-order chi connectivity index (χ1) is 16.2. The Labute approximate surface area is 203 Å². The first-order valence-corrected chi connectivity index (χ1v) is 13.2. The predicted molar refractivity (Wildman–Crippen MR) is 137 cm³/mol. The minimum absolute atomic E-state index is 0.498. The number of anilines is 2. The maximum atomic E-state index is 6.59. The van der Waals surface area contributed by atoms with Crippen LogP contribution in [0.1, 0.15) is 51.4 Å². The molecule has 0 amide bonds. The van der Waals surface area contributed by atoms with E-state index in [0.717, 1.165) is 61.3 Å². The molecule has 5 nitrogen and oxygen atoms in total. The summed E-state index contributed by atoms with van der Waals surface area (Å²) in [4.78, 5) is 7.30. The topological polar surface area (TPSA) is 49.4 Å². The van der Waals surface area contributed by atoms with E-state index in [9.17, 15) is 0 Å². The molecule has 1 aromatic carbocycles. The maximum Gasteiger partial charge on any atom is 0.126 e. The van der Waals surface area contributed by atoms with Gasteiger partial charge in [-0.05, 0) is 94.1 Å². The third-order valence-corrected chi connectivity index (χ3v) is 7.97. The Morgan fingerprint density at radius 1 is 1.00 bits per heavy atom. The number of nitrogens with one attached hydrogen (secondary N) is 2. The van der Waals surface area contributed by atoms with Gasteiger partial charge >= 0.3 is 0 Å². The molecule has 0 bridgehead atoms. The van der Waals surface area contributed by atoms with Crippen molar-refractivity contribution < 1.29 is 4.74 Å². The molecule has 3 aliphatic rings. The van der Waals surface area contributed by atoms with Gasteiger partial charge in [-0.15, -0.1) is 0 Å².